The van der Waals surface area contributed by atoms with Crippen LogP contribution in [0, 0.1) is 0 Å². The lowest BCUT2D eigenvalue weighted by Gasteiger charge is -2.24. The molecular formula is C15H14N2O2. The third kappa shape index (κ3) is 1.61. The molecule has 3 N–H and O–H groups in total. The standard InChI is InChI=1S/C15H14N2O2/c1-19-11-8-6-10(7-9-11)15(18)12-4-2-3-5-13(12)17-14(15)16/h2-9,18H,1H3,(H2,16,17). The Bertz CT molecular complexity index is 649. The van der Waals surface area contributed by atoms with E-state index in [0.29, 0.717) is 16.8 Å². The Hall–Kier alpha value is -2.33. The molecule has 1 atom stereocenters. The Morgan fingerprint density at radius 2 is 1.79 bits per heavy atom. The van der Waals surface area contributed by atoms with Gasteiger partial charge in [-0.25, -0.2) is 4.99 Å². The molecule has 1 aliphatic rings. The first kappa shape index (κ1) is 11.7. The monoisotopic (exact) mass is 254 g/mol. The SMILES string of the molecule is COc1ccc(C2(O)C(N)=Nc3ccccc32)cc1. The summed E-state index contributed by atoms with van der Waals surface area (Å²) < 4.78 is 5.12. The predicted octanol–water partition coefficient (Wildman–Crippen LogP) is 1.93. The van der Waals surface area contributed by atoms with Crippen molar-refractivity contribution in [2.45, 2.75) is 5.60 Å². The van der Waals surface area contributed by atoms with Crippen LogP contribution in [-0.4, -0.2) is 18.1 Å². The minimum Gasteiger partial charge on any atom is -0.497 e. The van der Waals surface area contributed by atoms with Crippen LogP contribution < -0.4 is 10.5 Å². The van der Waals surface area contributed by atoms with Crippen molar-refractivity contribution in [2.75, 3.05) is 7.11 Å². The zero-order valence-corrected chi connectivity index (χ0v) is 10.5. The summed E-state index contributed by atoms with van der Waals surface area (Å²) in [4.78, 5) is 4.24. The van der Waals surface area contributed by atoms with Crippen LogP contribution in [0.25, 0.3) is 0 Å². The maximum atomic E-state index is 11.0. The fourth-order valence-electron chi connectivity index (χ4n) is 2.36. The van der Waals surface area contributed by atoms with E-state index in [1.54, 1.807) is 31.4 Å². The molecule has 19 heavy (non-hydrogen) atoms. The number of benzene rings is 2. The Balaban J connectivity index is 2.14. The summed E-state index contributed by atoms with van der Waals surface area (Å²) in [6, 6.07) is 14.6. The van der Waals surface area contributed by atoms with E-state index >= 15 is 0 Å². The second-order valence-electron chi connectivity index (χ2n) is 4.45. The summed E-state index contributed by atoms with van der Waals surface area (Å²) >= 11 is 0. The van der Waals surface area contributed by atoms with Crippen molar-refractivity contribution >= 4 is 11.5 Å². The molecule has 4 heteroatoms. The van der Waals surface area contributed by atoms with Gasteiger partial charge in [0.2, 0.25) is 0 Å². The zero-order valence-electron chi connectivity index (χ0n) is 10.5. The minimum absolute atomic E-state index is 0.193. The van der Waals surface area contributed by atoms with Crippen LogP contribution in [0.1, 0.15) is 11.1 Å². The topological polar surface area (TPSA) is 67.8 Å². The van der Waals surface area contributed by atoms with Crippen LogP contribution in [0.5, 0.6) is 5.75 Å². The van der Waals surface area contributed by atoms with Gasteiger partial charge in [0.15, 0.2) is 5.60 Å². The number of aliphatic imine (C=N–C) groups is 1. The average Bonchev–Trinajstić information content (AvgIpc) is 2.72. The molecule has 3 rings (SSSR count). The van der Waals surface area contributed by atoms with Crippen LogP contribution >= 0.6 is 0 Å². The number of methoxy groups -OCH3 is 1. The smallest absolute Gasteiger partial charge is 0.174 e. The van der Waals surface area contributed by atoms with Crippen LogP contribution in [-0.2, 0) is 5.60 Å². The van der Waals surface area contributed by atoms with Gasteiger partial charge in [0.05, 0.1) is 12.8 Å². The predicted molar refractivity (Wildman–Crippen MR) is 73.7 cm³/mol. The highest BCUT2D eigenvalue weighted by molar-refractivity contribution is 6.00. The first-order valence-electron chi connectivity index (χ1n) is 5.97. The maximum absolute atomic E-state index is 11.0. The average molecular weight is 254 g/mol. The molecule has 0 fully saturated rings. The van der Waals surface area contributed by atoms with Crippen molar-refractivity contribution in [2.24, 2.45) is 10.7 Å². The van der Waals surface area contributed by atoms with Crippen LogP contribution in [0.15, 0.2) is 53.5 Å². The van der Waals surface area contributed by atoms with E-state index in [9.17, 15) is 5.11 Å². The highest BCUT2D eigenvalue weighted by Gasteiger charge is 2.41. The quantitative estimate of drug-likeness (QED) is 0.860. The fraction of sp³-hybridized carbons (Fsp3) is 0.133. The van der Waals surface area contributed by atoms with Crippen molar-refractivity contribution in [3.63, 3.8) is 0 Å². The van der Waals surface area contributed by atoms with Crippen molar-refractivity contribution in [3.8, 4) is 5.75 Å². The van der Waals surface area contributed by atoms with E-state index < -0.39 is 5.60 Å². The molecule has 0 spiro atoms. The molecule has 0 aliphatic carbocycles. The Labute approximate surface area is 111 Å². The Morgan fingerprint density at radius 1 is 1.11 bits per heavy atom. The van der Waals surface area contributed by atoms with Crippen molar-refractivity contribution in [1.29, 1.82) is 0 Å². The Kier molecular flexibility index (Phi) is 2.54. The second-order valence-corrected chi connectivity index (χ2v) is 4.45. The molecule has 1 heterocycles. The van der Waals surface area contributed by atoms with Gasteiger partial charge in [-0.2, -0.15) is 0 Å². The van der Waals surface area contributed by atoms with Crippen molar-refractivity contribution < 1.29 is 9.84 Å². The Morgan fingerprint density at radius 3 is 2.47 bits per heavy atom. The van der Waals surface area contributed by atoms with E-state index in [2.05, 4.69) is 4.99 Å². The number of para-hydroxylation sites is 1. The van der Waals surface area contributed by atoms with Gasteiger partial charge in [-0.3, -0.25) is 0 Å². The number of aliphatic hydroxyl groups is 1. The van der Waals surface area contributed by atoms with Crippen LogP contribution in [0.4, 0.5) is 5.69 Å². The maximum Gasteiger partial charge on any atom is 0.174 e. The van der Waals surface area contributed by atoms with Gasteiger partial charge in [-0.05, 0) is 23.8 Å². The number of amidine groups is 1. The van der Waals surface area contributed by atoms with E-state index in [1.807, 2.05) is 24.3 Å². The number of nitrogens with zero attached hydrogens (tertiary/aromatic N) is 1. The van der Waals surface area contributed by atoms with Crippen LogP contribution in [0.3, 0.4) is 0 Å². The number of hydrogen-bond acceptors (Lipinski definition) is 4. The van der Waals surface area contributed by atoms with Gasteiger partial charge in [0, 0.05) is 5.56 Å². The van der Waals surface area contributed by atoms with E-state index in [0.717, 1.165) is 5.75 Å². The van der Waals surface area contributed by atoms with Crippen molar-refractivity contribution in [3.05, 3.63) is 59.7 Å². The molecule has 2 aromatic carbocycles. The lowest BCUT2D eigenvalue weighted by atomic mass is 9.86. The fourth-order valence-corrected chi connectivity index (χ4v) is 2.36. The largest absolute Gasteiger partial charge is 0.497 e. The van der Waals surface area contributed by atoms with E-state index in [4.69, 9.17) is 10.5 Å². The molecule has 0 bridgehead atoms. The molecule has 0 saturated heterocycles. The molecule has 1 unspecified atom stereocenters. The zero-order chi connectivity index (χ0) is 13.5. The molecular weight excluding hydrogens is 240 g/mol. The lowest BCUT2D eigenvalue weighted by Crippen LogP contribution is -2.39. The van der Waals surface area contributed by atoms with E-state index in [-0.39, 0.29) is 5.84 Å². The molecule has 0 saturated carbocycles. The highest BCUT2D eigenvalue weighted by atomic mass is 16.5. The minimum atomic E-state index is -1.36. The molecule has 0 radical (unpaired) electrons. The van der Waals surface area contributed by atoms with Gasteiger partial charge in [0.1, 0.15) is 11.6 Å². The van der Waals surface area contributed by atoms with Gasteiger partial charge < -0.3 is 15.6 Å². The first-order valence-corrected chi connectivity index (χ1v) is 5.97. The number of ether oxygens (including phenoxy) is 1. The summed E-state index contributed by atoms with van der Waals surface area (Å²) in [6.07, 6.45) is 0. The number of rotatable bonds is 2. The van der Waals surface area contributed by atoms with Gasteiger partial charge in [0.25, 0.3) is 0 Å². The molecule has 4 nitrogen and oxygen atoms in total. The lowest BCUT2D eigenvalue weighted by molar-refractivity contribution is 0.158. The summed E-state index contributed by atoms with van der Waals surface area (Å²) in [6.45, 7) is 0. The van der Waals surface area contributed by atoms with Crippen molar-refractivity contribution in [1.82, 2.24) is 0 Å². The van der Waals surface area contributed by atoms with Gasteiger partial charge in [-0.15, -0.1) is 0 Å². The van der Waals surface area contributed by atoms with Gasteiger partial charge >= 0.3 is 0 Å². The third-order valence-electron chi connectivity index (χ3n) is 3.41. The number of nitrogens with two attached hydrogens (primary N) is 1. The summed E-state index contributed by atoms with van der Waals surface area (Å²) in [5.74, 6) is 0.924. The van der Waals surface area contributed by atoms with E-state index in [1.165, 1.54) is 0 Å². The highest BCUT2D eigenvalue weighted by Crippen LogP contribution is 2.41. The first-order chi connectivity index (χ1) is 9.16. The molecule has 2 aromatic rings. The van der Waals surface area contributed by atoms with Gasteiger partial charge in [-0.1, -0.05) is 30.3 Å². The molecule has 96 valence electrons. The number of fused-ring (bicyclic) bond motifs is 1. The second kappa shape index (κ2) is 4.10. The molecule has 0 amide bonds. The third-order valence-corrected chi connectivity index (χ3v) is 3.41. The summed E-state index contributed by atoms with van der Waals surface area (Å²) in [5, 5.41) is 11.0. The molecule has 1 aliphatic heterocycles. The summed E-state index contributed by atoms with van der Waals surface area (Å²) in [5.41, 5.74) is 6.67. The molecule has 0 aromatic heterocycles. The van der Waals surface area contributed by atoms with Crippen LogP contribution in [0.2, 0.25) is 0 Å². The number of hydrogen-bond donors (Lipinski definition) is 2. The normalized spacial score (nSPS) is 20.8. The summed E-state index contributed by atoms with van der Waals surface area (Å²) in [7, 11) is 1.60.